The van der Waals surface area contributed by atoms with Crippen molar-refractivity contribution in [3.05, 3.63) is 36.0 Å². The Hall–Kier alpha value is -3.44. The van der Waals surface area contributed by atoms with Crippen molar-refractivity contribution in [1.29, 1.82) is 0 Å². The molecule has 0 aliphatic heterocycles. The summed E-state index contributed by atoms with van der Waals surface area (Å²) in [6.45, 7) is 5.76. The first kappa shape index (κ1) is 29.8. The second-order valence-corrected chi connectivity index (χ2v) is 9.79. The first-order valence-electron chi connectivity index (χ1n) is 12.7. The number of aromatic nitrogens is 1. The molecule has 9 N–H and O–H groups in total. The minimum absolute atomic E-state index is 0.0731. The van der Waals surface area contributed by atoms with E-state index < -0.39 is 47.9 Å². The topological polar surface area (TPSA) is 192 Å². The fraction of sp³-hybridized carbons (Fsp3) is 0.538. The Morgan fingerprint density at radius 1 is 0.919 bits per heavy atom. The fourth-order valence-corrected chi connectivity index (χ4v) is 4.03. The van der Waals surface area contributed by atoms with Crippen LogP contribution in [0.4, 0.5) is 0 Å². The predicted molar refractivity (Wildman–Crippen MR) is 141 cm³/mol. The minimum Gasteiger partial charge on any atom is -0.480 e. The third-order valence-electron chi connectivity index (χ3n) is 6.05. The van der Waals surface area contributed by atoms with Gasteiger partial charge in [-0.25, -0.2) is 4.79 Å². The monoisotopic (exact) mass is 516 g/mol. The quantitative estimate of drug-likeness (QED) is 0.170. The second-order valence-electron chi connectivity index (χ2n) is 9.79. The van der Waals surface area contributed by atoms with Gasteiger partial charge in [-0.15, -0.1) is 0 Å². The molecule has 204 valence electrons. The van der Waals surface area contributed by atoms with Crippen molar-refractivity contribution in [2.45, 2.75) is 77.0 Å². The number of nitrogens with one attached hydrogen (secondary N) is 4. The Balaban J connectivity index is 2.30. The number of rotatable bonds is 15. The second kappa shape index (κ2) is 14.3. The number of nitrogens with two attached hydrogens (primary N) is 2. The van der Waals surface area contributed by atoms with Gasteiger partial charge in [-0.05, 0) is 56.7 Å². The molecule has 0 aliphatic rings. The molecule has 1 aromatic carbocycles. The number of benzene rings is 1. The average Bonchev–Trinajstić information content (AvgIpc) is 3.24. The molecule has 0 aliphatic carbocycles. The van der Waals surface area contributed by atoms with Gasteiger partial charge in [0.25, 0.3) is 0 Å². The first-order valence-corrected chi connectivity index (χ1v) is 12.7. The smallest absolute Gasteiger partial charge is 0.326 e. The Morgan fingerprint density at radius 2 is 1.54 bits per heavy atom. The maximum atomic E-state index is 13.3. The minimum atomic E-state index is -1.16. The molecule has 11 heteroatoms. The molecular formula is C26H40N6O5. The lowest BCUT2D eigenvalue weighted by molar-refractivity contribution is -0.142. The number of para-hydroxylation sites is 1. The van der Waals surface area contributed by atoms with Crippen LogP contribution in [-0.2, 0) is 25.6 Å². The Bertz CT molecular complexity index is 1070. The van der Waals surface area contributed by atoms with Crippen LogP contribution >= 0.6 is 0 Å². The summed E-state index contributed by atoms with van der Waals surface area (Å²) in [6.07, 6.45) is 3.59. The highest BCUT2D eigenvalue weighted by molar-refractivity contribution is 5.94. The van der Waals surface area contributed by atoms with Crippen molar-refractivity contribution < 1.29 is 24.3 Å². The Morgan fingerprint density at radius 3 is 2.16 bits per heavy atom. The predicted octanol–water partition coefficient (Wildman–Crippen LogP) is 0.772. The Labute approximate surface area is 217 Å². The highest BCUT2D eigenvalue weighted by atomic mass is 16.4. The van der Waals surface area contributed by atoms with Crippen LogP contribution in [-0.4, -0.2) is 64.5 Å². The number of hydrogen-bond donors (Lipinski definition) is 7. The van der Waals surface area contributed by atoms with Crippen LogP contribution in [0, 0.1) is 5.92 Å². The van der Waals surface area contributed by atoms with E-state index in [0.29, 0.717) is 25.8 Å². The SMILES string of the molecule is CC(C)CC(NC(=O)C(C)N)C(=O)NC(Cc1c[nH]c2ccccc12)C(=O)NC(CCCCN)C(=O)O. The average molecular weight is 517 g/mol. The summed E-state index contributed by atoms with van der Waals surface area (Å²) >= 11 is 0. The lowest BCUT2D eigenvalue weighted by atomic mass is 10.00. The summed E-state index contributed by atoms with van der Waals surface area (Å²) in [7, 11) is 0. The van der Waals surface area contributed by atoms with E-state index in [0.717, 1.165) is 16.5 Å². The van der Waals surface area contributed by atoms with Gasteiger partial charge in [0.2, 0.25) is 17.7 Å². The lowest BCUT2D eigenvalue weighted by Gasteiger charge is -2.26. The van der Waals surface area contributed by atoms with E-state index in [1.54, 1.807) is 6.20 Å². The van der Waals surface area contributed by atoms with Crippen LogP contribution in [0.1, 0.15) is 52.0 Å². The molecule has 37 heavy (non-hydrogen) atoms. The summed E-state index contributed by atoms with van der Waals surface area (Å²) in [6, 6.07) is 3.63. The standard InChI is InChI=1S/C26H40N6O5/c1-15(2)12-21(31-23(33)16(3)28)24(34)32-22(13-17-14-29-19-9-5-4-8-18(17)19)25(35)30-20(26(36)37)10-6-7-11-27/h4-5,8-9,14-16,20-22,29H,6-7,10-13,27-28H2,1-3H3,(H,30,35)(H,31,33)(H,32,34)(H,36,37). The van der Waals surface area contributed by atoms with E-state index in [1.165, 1.54) is 6.92 Å². The number of amides is 3. The van der Waals surface area contributed by atoms with Gasteiger partial charge >= 0.3 is 5.97 Å². The molecular weight excluding hydrogens is 476 g/mol. The molecule has 2 aromatic rings. The zero-order valence-corrected chi connectivity index (χ0v) is 21.8. The summed E-state index contributed by atoms with van der Waals surface area (Å²) < 4.78 is 0. The molecule has 0 saturated carbocycles. The number of H-pyrrole nitrogens is 1. The van der Waals surface area contributed by atoms with Gasteiger partial charge in [0.05, 0.1) is 6.04 Å². The maximum absolute atomic E-state index is 13.3. The number of carboxylic acid groups (broad SMARTS) is 1. The zero-order chi connectivity index (χ0) is 27.5. The number of carbonyl (C=O) groups excluding carboxylic acids is 3. The summed E-state index contributed by atoms with van der Waals surface area (Å²) in [5.41, 5.74) is 12.8. The van der Waals surface area contributed by atoms with E-state index in [9.17, 15) is 24.3 Å². The van der Waals surface area contributed by atoms with Crippen molar-refractivity contribution in [2.24, 2.45) is 17.4 Å². The third-order valence-corrected chi connectivity index (χ3v) is 6.05. The lowest BCUT2D eigenvalue weighted by Crippen LogP contribution is -2.57. The molecule has 1 aromatic heterocycles. The number of hydrogen-bond acceptors (Lipinski definition) is 6. The van der Waals surface area contributed by atoms with Gasteiger partial charge in [0, 0.05) is 23.5 Å². The van der Waals surface area contributed by atoms with E-state index in [-0.39, 0.29) is 18.8 Å². The Kier molecular flexibility index (Phi) is 11.5. The van der Waals surface area contributed by atoms with E-state index >= 15 is 0 Å². The molecule has 0 radical (unpaired) electrons. The summed E-state index contributed by atoms with van der Waals surface area (Å²) in [5, 5.41) is 18.5. The molecule has 0 bridgehead atoms. The van der Waals surface area contributed by atoms with Gasteiger partial charge in [-0.2, -0.15) is 0 Å². The van der Waals surface area contributed by atoms with Crippen LogP contribution in [0.15, 0.2) is 30.5 Å². The molecule has 11 nitrogen and oxygen atoms in total. The van der Waals surface area contributed by atoms with Gasteiger partial charge in [-0.1, -0.05) is 32.0 Å². The zero-order valence-electron chi connectivity index (χ0n) is 21.8. The van der Waals surface area contributed by atoms with Crippen LogP contribution < -0.4 is 27.4 Å². The number of aliphatic carboxylic acids is 1. The van der Waals surface area contributed by atoms with Gasteiger partial charge < -0.3 is 37.5 Å². The van der Waals surface area contributed by atoms with E-state index in [2.05, 4.69) is 20.9 Å². The van der Waals surface area contributed by atoms with Crippen molar-refractivity contribution in [3.63, 3.8) is 0 Å². The van der Waals surface area contributed by atoms with Gasteiger partial charge in [0.1, 0.15) is 18.1 Å². The highest BCUT2D eigenvalue weighted by Gasteiger charge is 2.31. The number of fused-ring (bicyclic) bond motifs is 1. The van der Waals surface area contributed by atoms with Crippen molar-refractivity contribution >= 4 is 34.6 Å². The van der Waals surface area contributed by atoms with Crippen LogP contribution in [0.3, 0.4) is 0 Å². The molecule has 0 fully saturated rings. The van der Waals surface area contributed by atoms with Crippen molar-refractivity contribution in [1.82, 2.24) is 20.9 Å². The van der Waals surface area contributed by atoms with E-state index in [1.807, 2.05) is 38.1 Å². The highest BCUT2D eigenvalue weighted by Crippen LogP contribution is 2.19. The third kappa shape index (κ3) is 9.18. The maximum Gasteiger partial charge on any atom is 0.326 e. The molecule has 0 spiro atoms. The number of carbonyl (C=O) groups is 4. The number of carboxylic acids is 1. The normalized spacial score (nSPS) is 14.5. The summed E-state index contributed by atoms with van der Waals surface area (Å²) in [5.74, 6) is -2.74. The molecule has 0 saturated heterocycles. The number of unbranched alkanes of at least 4 members (excludes halogenated alkanes) is 1. The molecule has 3 amide bonds. The molecule has 1 heterocycles. The van der Waals surface area contributed by atoms with Gasteiger partial charge in [0.15, 0.2) is 0 Å². The molecule has 4 unspecified atom stereocenters. The largest absolute Gasteiger partial charge is 0.480 e. The van der Waals surface area contributed by atoms with Gasteiger partial charge in [-0.3, -0.25) is 14.4 Å². The van der Waals surface area contributed by atoms with Crippen molar-refractivity contribution in [2.75, 3.05) is 6.54 Å². The van der Waals surface area contributed by atoms with Crippen LogP contribution in [0.5, 0.6) is 0 Å². The van der Waals surface area contributed by atoms with Crippen molar-refractivity contribution in [3.8, 4) is 0 Å². The first-order chi connectivity index (χ1) is 17.5. The molecule has 4 atom stereocenters. The van der Waals surface area contributed by atoms with Crippen LogP contribution in [0.25, 0.3) is 10.9 Å². The molecule has 2 rings (SSSR count). The van der Waals surface area contributed by atoms with Crippen LogP contribution in [0.2, 0.25) is 0 Å². The fourth-order valence-electron chi connectivity index (χ4n) is 4.03. The number of aromatic amines is 1. The van der Waals surface area contributed by atoms with E-state index in [4.69, 9.17) is 11.5 Å². The summed E-state index contributed by atoms with van der Waals surface area (Å²) in [4.78, 5) is 53.8.